The van der Waals surface area contributed by atoms with Crippen LogP contribution in [0.25, 0.3) is 0 Å². The predicted octanol–water partition coefficient (Wildman–Crippen LogP) is 3.04. The van der Waals surface area contributed by atoms with Gasteiger partial charge in [-0.3, -0.25) is 14.9 Å². The van der Waals surface area contributed by atoms with Gasteiger partial charge in [0.15, 0.2) is 0 Å². The van der Waals surface area contributed by atoms with Crippen LogP contribution in [-0.2, 0) is 11.3 Å². The average Bonchev–Trinajstić information content (AvgIpc) is 3.18. The monoisotopic (exact) mass is 302 g/mol. The molecule has 0 atom stereocenters. The molecule has 0 N–H and O–H groups in total. The van der Waals surface area contributed by atoms with Crippen LogP contribution < -0.4 is 0 Å². The number of carbonyl (C=O) groups excluding carboxylic acids is 1. The molecule has 1 fully saturated rings. The fraction of sp³-hybridized carbons (Fsp3) is 0.462. The summed E-state index contributed by atoms with van der Waals surface area (Å²) in [7, 11) is 0. The van der Waals surface area contributed by atoms with Crippen LogP contribution in [0.15, 0.2) is 24.3 Å². The first-order valence-corrected chi connectivity index (χ1v) is 6.36. The van der Waals surface area contributed by atoms with Crippen molar-refractivity contribution in [1.29, 1.82) is 0 Å². The van der Waals surface area contributed by atoms with E-state index in [1.807, 2.05) is 0 Å². The molecule has 1 aromatic carbocycles. The van der Waals surface area contributed by atoms with Crippen LogP contribution in [-0.4, -0.2) is 27.9 Å². The number of halogens is 3. The Morgan fingerprint density at radius 2 is 2.05 bits per heavy atom. The number of hydrogen-bond donors (Lipinski definition) is 0. The Bertz CT molecular complexity index is 556. The zero-order valence-corrected chi connectivity index (χ0v) is 11.0. The normalized spacial score (nSPS) is 14.8. The minimum Gasteiger partial charge on any atom is -0.335 e. The zero-order valence-electron chi connectivity index (χ0n) is 11.0. The number of nitro benzene ring substituents is 1. The molecule has 114 valence electrons. The van der Waals surface area contributed by atoms with E-state index in [0.29, 0.717) is 18.4 Å². The van der Waals surface area contributed by atoms with Crippen molar-refractivity contribution < 1.29 is 22.9 Å². The molecule has 1 aromatic rings. The average molecular weight is 302 g/mol. The SMILES string of the molecule is O=C(CC(F)(F)F)N(Cc1cccc([N+](=O)[O-])c1)C1CC1. The molecule has 0 radical (unpaired) electrons. The summed E-state index contributed by atoms with van der Waals surface area (Å²) in [5, 5.41) is 10.7. The standard InChI is InChI=1S/C13H13F3N2O3/c14-13(15,16)7-12(19)17(10-4-5-10)8-9-2-1-3-11(6-9)18(20)21/h1-3,6,10H,4-5,7-8H2. The summed E-state index contributed by atoms with van der Waals surface area (Å²) in [6, 6.07) is 5.38. The van der Waals surface area contributed by atoms with Gasteiger partial charge in [-0.1, -0.05) is 12.1 Å². The maximum atomic E-state index is 12.3. The number of rotatable bonds is 5. The lowest BCUT2D eigenvalue weighted by atomic mass is 10.2. The number of non-ortho nitro benzene ring substituents is 1. The second-order valence-corrected chi connectivity index (χ2v) is 4.97. The van der Waals surface area contributed by atoms with E-state index in [1.54, 1.807) is 6.07 Å². The maximum Gasteiger partial charge on any atom is 0.397 e. The van der Waals surface area contributed by atoms with Gasteiger partial charge in [-0.25, -0.2) is 0 Å². The highest BCUT2D eigenvalue weighted by Crippen LogP contribution is 2.31. The number of benzene rings is 1. The molecule has 0 saturated heterocycles. The van der Waals surface area contributed by atoms with E-state index in [9.17, 15) is 28.1 Å². The highest BCUT2D eigenvalue weighted by atomic mass is 19.4. The van der Waals surface area contributed by atoms with E-state index in [0.717, 1.165) is 4.90 Å². The van der Waals surface area contributed by atoms with Gasteiger partial charge in [0, 0.05) is 24.7 Å². The first-order chi connectivity index (χ1) is 9.76. The second-order valence-electron chi connectivity index (χ2n) is 4.97. The second kappa shape index (κ2) is 5.71. The minimum atomic E-state index is -4.55. The van der Waals surface area contributed by atoms with E-state index < -0.39 is 23.4 Å². The van der Waals surface area contributed by atoms with Gasteiger partial charge in [-0.15, -0.1) is 0 Å². The molecule has 21 heavy (non-hydrogen) atoms. The summed E-state index contributed by atoms with van der Waals surface area (Å²) in [6.07, 6.45) is -4.72. The fourth-order valence-electron chi connectivity index (χ4n) is 2.05. The third-order valence-corrected chi connectivity index (χ3v) is 3.13. The highest BCUT2D eigenvalue weighted by Gasteiger charge is 2.38. The molecule has 0 spiro atoms. The van der Waals surface area contributed by atoms with E-state index in [4.69, 9.17) is 0 Å². The number of nitro groups is 1. The Hall–Kier alpha value is -2.12. The lowest BCUT2D eigenvalue weighted by Crippen LogP contribution is -2.35. The number of alkyl halides is 3. The van der Waals surface area contributed by atoms with Crippen molar-refractivity contribution in [2.45, 2.75) is 38.0 Å². The summed E-state index contributed by atoms with van der Waals surface area (Å²) in [5.41, 5.74) is 0.304. The highest BCUT2D eigenvalue weighted by molar-refractivity contribution is 5.77. The summed E-state index contributed by atoms with van der Waals surface area (Å²) in [6.45, 7) is -0.0404. The van der Waals surface area contributed by atoms with Crippen molar-refractivity contribution in [2.75, 3.05) is 0 Å². The van der Waals surface area contributed by atoms with Crippen LogP contribution in [0.4, 0.5) is 18.9 Å². The molecule has 1 saturated carbocycles. The minimum absolute atomic E-state index is 0.0404. The van der Waals surface area contributed by atoms with Gasteiger partial charge in [0.25, 0.3) is 5.69 Å². The number of nitrogens with zero attached hydrogens (tertiary/aromatic N) is 2. The summed E-state index contributed by atoms with van der Waals surface area (Å²) < 4.78 is 37.0. The summed E-state index contributed by atoms with van der Waals surface area (Å²) in [4.78, 5) is 23.0. The molecule has 2 rings (SSSR count). The Morgan fingerprint density at radius 1 is 1.38 bits per heavy atom. The Balaban J connectivity index is 2.11. The Labute approximate surface area is 118 Å². The first-order valence-electron chi connectivity index (χ1n) is 6.36. The Kier molecular flexibility index (Phi) is 4.15. The molecule has 1 amide bonds. The fourth-order valence-corrected chi connectivity index (χ4v) is 2.05. The van der Waals surface area contributed by atoms with Crippen LogP contribution >= 0.6 is 0 Å². The van der Waals surface area contributed by atoms with E-state index in [1.165, 1.54) is 18.2 Å². The third-order valence-electron chi connectivity index (χ3n) is 3.13. The molecule has 5 nitrogen and oxygen atoms in total. The van der Waals surface area contributed by atoms with Gasteiger partial charge in [-0.2, -0.15) is 13.2 Å². The molecule has 0 aromatic heterocycles. The van der Waals surface area contributed by atoms with Crippen LogP contribution in [0, 0.1) is 10.1 Å². The molecule has 0 bridgehead atoms. The van der Waals surface area contributed by atoms with Gasteiger partial charge >= 0.3 is 6.18 Å². The number of hydrogen-bond acceptors (Lipinski definition) is 3. The van der Waals surface area contributed by atoms with Gasteiger partial charge in [-0.05, 0) is 18.4 Å². The van der Waals surface area contributed by atoms with E-state index in [2.05, 4.69) is 0 Å². The van der Waals surface area contributed by atoms with Crippen LogP contribution in [0.1, 0.15) is 24.8 Å². The largest absolute Gasteiger partial charge is 0.397 e. The van der Waals surface area contributed by atoms with Crippen molar-refractivity contribution >= 4 is 11.6 Å². The first kappa shape index (κ1) is 15.3. The van der Waals surface area contributed by atoms with Gasteiger partial charge in [0.1, 0.15) is 6.42 Å². The molecule has 0 heterocycles. The van der Waals surface area contributed by atoms with Gasteiger partial charge in [0.2, 0.25) is 5.91 Å². The van der Waals surface area contributed by atoms with Crippen LogP contribution in [0.5, 0.6) is 0 Å². The van der Waals surface area contributed by atoms with Crippen molar-refractivity contribution in [3.8, 4) is 0 Å². The van der Waals surface area contributed by atoms with Crippen LogP contribution in [0.2, 0.25) is 0 Å². The number of amides is 1. The van der Waals surface area contributed by atoms with E-state index in [-0.39, 0.29) is 18.3 Å². The summed E-state index contributed by atoms with van der Waals surface area (Å²) in [5.74, 6) is -0.989. The topological polar surface area (TPSA) is 63.5 Å². The molecule has 1 aliphatic rings. The van der Waals surface area contributed by atoms with Crippen molar-refractivity contribution in [2.24, 2.45) is 0 Å². The lowest BCUT2D eigenvalue weighted by molar-refractivity contribution is -0.384. The maximum absolute atomic E-state index is 12.3. The molecule has 0 unspecified atom stereocenters. The van der Waals surface area contributed by atoms with Gasteiger partial charge in [0.05, 0.1) is 4.92 Å². The van der Waals surface area contributed by atoms with Crippen molar-refractivity contribution in [3.63, 3.8) is 0 Å². The third kappa shape index (κ3) is 4.44. The smallest absolute Gasteiger partial charge is 0.335 e. The Morgan fingerprint density at radius 3 is 2.57 bits per heavy atom. The van der Waals surface area contributed by atoms with Crippen LogP contribution in [0.3, 0.4) is 0 Å². The molecular formula is C13H13F3N2O3. The lowest BCUT2D eigenvalue weighted by Gasteiger charge is -2.23. The van der Waals surface area contributed by atoms with Crippen molar-refractivity contribution in [3.05, 3.63) is 39.9 Å². The molecule has 8 heteroatoms. The van der Waals surface area contributed by atoms with Gasteiger partial charge < -0.3 is 4.90 Å². The molecule has 1 aliphatic carbocycles. The zero-order chi connectivity index (χ0) is 15.6. The molecular weight excluding hydrogens is 289 g/mol. The van der Waals surface area contributed by atoms with E-state index >= 15 is 0 Å². The summed E-state index contributed by atoms with van der Waals surface area (Å²) >= 11 is 0. The molecule has 0 aliphatic heterocycles. The predicted molar refractivity (Wildman–Crippen MR) is 67.3 cm³/mol. The van der Waals surface area contributed by atoms with Crippen molar-refractivity contribution in [1.82, 2.24) is 4.90 Å². The number of carbonyl (C=O) groups is 1. The quantitative estimate of drug-likeness (QED) is 0.620.